The first-order chi connectivity index (χ1) is 11.7. The number of hydrogen-bond donors (Lipinski definition) is 1. The van der Waals surface area contributed by atoms with Crippen LogP contribution < -0.4 is 0 Å². The Morgan fingerprint density at radius 2 is 2.08 bits per heavy atom. The second kappa shape index (κ2) is 7.71. The number of pyridine rings is 1. The lowest BCUT2D eigenvalue weighted by Gasteiger charge is -2.10. The maximum Gasteiger partial charge on any atom is 0.206 e. The standard InChI is InChI=1S/C16H16FN5O2/c17-15-6-2-1-4-13(15)10-24-11-14(23)9-22-20-16(19-21-22)12-5-3-7-18-8-12/h1-8,14,23H,9-11H2. The van der Waals surface area contributed by atoms with E-state index in [-0.39, 0.29) is 25.6 Å². The maximum absolute atomic E-state index is 13.4. The molecule has 0 radical (unpaired) electrons. The Morgan fingerprint density at radius 1 is 1.21 bits per heavy atom. The van der Waals surface area contributed by atoms with E-state index in [9.17, 15) is 9.50 Å². The second-order valence-electron chi connectivity index (χ2n) is 5.17. The lowest BCUT2D eigenvalue weighted by Crippen LogP contribution is -2.23. The number of aromatic nitrogens is 5. The molecule has 3 aromatic rings. The van der Waals surface area contributed by atoms with Crippen molar-refractivity contribution < 1.29 is 14.2 Å². The first-order valence-corrected chi connectivity index (χ1v) is 7.40. The molecule has 1 atom stereocenters. The first-order valence-electron chi connectivity index (χ1n) is 7.40. The van der Waals surface area contributed by atoms with Crippen LogP contribution in [0.15, 0.2) is 48.8 Å². The number of tetrazole rings is 1. The third-order valence-electron chi connectivity index (χ3n) is 3.27. The van der Waals surface area contributed by atoms with Crippen molar-refractivity contribution in [2.45, 2.75) is 19.3 Å². The van der Waals surface area contributed by atoms with E-state index < -0.39 is 6.10 Å². The van der Waals surface area contributed by atoms with Gasteiger partial charge in [-0.2, -0.15) is 4.80 Å². The van der Waals surface area contributed by atoms with Crippen LogP contribution in [0.2, 0.25) is 0 Å². The fraction of sp³-hybridized carbons (Fsp3) is 0.250. The van der Waals surface area contributed by atoms with Gasteiger partial charge in [0, 0.05) is 23.5 Å². The van der Waals surface area contributed by atoms with Crippen LogP contribution in [0.1, 0.15) is 5.56 Å². The summed E-state index contributed by atoms with van der Waals surface area (Å²) in [4.78, 5) is 5.28. The van der Waals surface area contributed by atoms with Crippen LogP contribution in [0.4, 0.5) is 4.39 Å². The highest BCUT2D eigenvalue weighted by atomic mass is 19.1. The minimum atomic E-state index is -0.826. The molecule has 0 aliphatic heterocycles. The molecule has 1 unspecified atom stereocenters. The monoisotopic (exact) mass is 329 g/mol. The Kier molecular flexibility index (Phi) is 5.19. The van der Waals surface area contributed by atoms with Gasteiger partial charge in [0.25, 0.3) is 0 Å². The van der Waals surface area contributed by atoms with Crippen LogP contribution >= 0.6 is 0 Å². The molecule has 24 heavy (non-hydrogen) atoms. The van der Waals surface area contributed by atoms with E-state index >= 15 is 0 Å². The van der Waals surface area contributed by atoms with Gasteiger partial charge in [-0.05, 0) is 23.4 Å². The van der Waals surface area contributed by atoms with E-state index in [0.29, 0.717) is 11.4 Å². The van der Waals surface area contributed by atoms with Crippen molar-refractivity contribution in [3.05, 3.63) is 60.2 Å². The largest absolute Gasteiger partial charge is 0.389 e. The predicted octanol–water partition coefficient (Wildman–Crippen LogP) is 1.45. The van der Waals surface area contributed by atoms with Crippen LogP contribution in [0.3, 0.4) is 0 Å². The van der Waals surface area contributed by atoms with E-state index in [4.69, 9.17) is 4.74 Å². The van der Waals surface area contributed by atoms with Crippen molar-refractivity contribution in [1.82, 2.24) is 25.2 Å². The molecule has 124 valence electrons. The van der Waals surface area contributed by atoms with E-state index in [1.54, 1.807) is 36.7 Å². The fourth-order valence-corrected chi connectivity index (χ4v) is 2.09. The first kappa shape index (κ1) is 16.2. The number of aliphatic hydroxyl groups is 1. The lowest BCUT2D eigenvalue weighted by molar-refractivity contribution is 0.0156. The summed E-state index contributed by atoms with van der Waals surface area (Å²) in [5.74, 6) is 0.105. The van der Waals surface area contributed by atoms with Crippen molar-refractivity contribution >= 4 is 0 Å². The Labute approximate surface area is 137 Å². The molecule has 0 aliphatic rings. The normalized spacial score (nSPS) is 12.2. The molecule has 0 saturated heterocycles. The second-order valence-corrected chi connectivity index (χ2v) is 5.17. The van der Waals surface area contributed by atoms with Crippen molar-refractivity contribution in [2.24, 2.45) is 0 Å². The summed E-state index contributed by atoms with van der Waals surface area (Å²) in [5.41, 5.74) is 1.19. The van der Waals surface area contributed by atoms with Crippen molar-refractivity contribution in [2.75, 3.05) is 6.61 Å². The summed E-state index contributed by atoms with van der Waals surface area (Å²) in [6.45, 7) is 0.262. The summed E-state index contributed by atoms with van der Waals surface area (Å²) in [7, 11) is 0. The minimum absolute atomic E-state index is 0.0398. The number of ether oxygens (including phenoxy) is 1. The van der Waals surface area contributed by atoms with Crippen LogP contribution in [-0.4, -0.2) is 43.0 Å². The summed E-state index contributed by atoms with van der Waals surface area (Å²) in [5, 5.41) is 22.0. The van der Waals surface area contributed by atoms with Crippen LogP contribution in [0.25, 0.3) is 11.4 Å². The van der Waals surface area contributed by atoms with E-state index in [1.807, 2.05) is 6.07 Å². The molecule has 2 heterocycles. The summed E-state index contributed by atoms with van der Waals surface area (Å²) < 4.78 is 18.8. The molecule has 1 N–H and O–H groups in total. The molecule has 8 heteroatoms. The number of aliphatic hydroxyl groups excluding tert-OH is 1. The maximum atomic E-state index is 13.4. The van der Waals surface area contributed by atoms with Gasteiger partial charge >= 0.3 is 0 Å². The van der Waals surface area contributed by atoms with Gasteiger partial charge in [-0.15, -0.1) is 10.2 Å². The number of rotatable bonds is 7. The van der Waals surface area contributed by atoms with Gasteiger partial charge in [0.15, 0.2) is 0 Å². The van der Waals surface area contributed by atoms with Gasteiger partial charge in [0.2, 0.25) is 5.82 Å². The zero-order chi connectivity index (χ0) is 16.8. The summed E-state index contributed by atoms with van der Waals surface area (Å²) in [6.07, 6.45) is 2.47. The number of hydrogen-bond acceptors (Lipinski definition) is 6. The Bertz CT molecular complexity index is 781. The molecular weight excluding hydrogens is 313 g/mol. The van der Waals surface area contributed by atoms with Gasteiger partial charge in [-0.3, -0.25) is 4.98 Å². The predicted molar refractivity (Wildman–Crippen MR) is 83.1 cm³/mol. The van der Waals surface area contributed by atoms with Gasteiger partial charge in [-0.25, -0.2) is 4.39 Å². The molecule has 0 saturated carbocycles. The van der Waals surface area contributed by atoms with Gasteiger partial charge < -0.3 is 9.84 Å². The van der Waals surface area contributed by atoms with Gasteiger partial charge in [0.05, 0.1) is 25.9 Å². The Morgan fingerprint density at radius 3 is 2.88 bits per heavy atom. The van der Waals surface area contributed by atoms with Crippen LogP contribution in [0.5, 0.6) is 0 Å². The van der Waals surface area contributed by atoms with Crippen molar-refractivity contribution in [1.29, 1.82) is 0 Å². The average Bonchev–Trinajstić information content (AvgIpc) is 3.06. The Balaban J connectivity index is 1.50. The van der Waals surface area contributed by atoms with Crippen LogP contribution in [-0.2, 0) is 17.9 Å². The number of halogens is 1. The molecule has 0 aliphatic carbocycles. The highest BCUT2D eigenvalue weighted by Crippen LogP contribution is 2.11. The topological polar surface area (TPSA) is 86.0 Å². The van der Waals surface area contributed by atoms with Crippen molar-refractivity contribution in [3.8, 4) is 11.4 Å². The van der Waals surface area contributed by atoms with Gasteiger partial charge in [0.1, 0.15) is 5.82 Å². The van der Waals surface area contributed by atoms with E-state index in [2.05, 4.69) is 20.4 Å². The summed E-state index contributed by atoms with van der Waals surface area (Å²) in [6, 6.07) is 9.96. The molecule has 7 nitrogen and oxygen atoms in total. The molecule has 0 bridgehead atoms. The quantitative estimate of drug-likeness (QED) is 0.706. The highest BCUT2D eigenvalue weighted by Gasteiger charge is 2.11. The zero-order valence-corrected chi connectivity index (χ0v) is 12.8. The molecule has 1 aromatic carbocycles. The summed E-state index contributed by atoms with van der Waals surface area (Å²) >= 11 is 0. The van der Waals surface area contributed by atoms with Crippen molar-refractivity contribution in [3.63, 3.8) is 0 Å². The smallest absolute Gasteiger partial charge is 0.206 e. The molecular formula is C16H16FN5O2. The minimum Gasteiger partial charge on any atom is -0.389 e. The number of nitrogens with zero attached hydrogens (tertiary/aromatic N) is 5. The Hall–Kier alpha value is -2.71. The third kappa shape index (κ3) is 4.18. The lowest BCUT2D eigenvalue weighted by atomic mass is 10.2. The highest BCUT2D eigenvalue weighted by molar-refractivity contribution is 5.51. The SMILES string of the molecule is OC(COCc1ccccc1F)Cn1nnc(-c2cccnc2)n1. The van der Waals surface area contributed by atoms with E-state index in [0.717, 1.165) is 5.56 Å². The third-order valence-corrected chi connectivity index (χ3v) is 3.27. The molecule has 0 spiro atoms. The average molecular weight is 329 g/mol. The number of benzene rings is 1. The molecule has 0 fully saturated rings. The zero-order valence-electron chi connectivity index (χ0n) is 12.8. The molecule has 3 rings (SSSR count). The van der Waals surface area contributed by atoms with Crippen LogP contribution in [0, 0.1) is 5.82 Å². The molecule has 2 aromatic heterocycles. The molecule has 0 amide bonds. The van der Waals surface area contributed by atoms with E-state index in [1.165, 1.54) is 10.9 Å². The van der Waals surface area contributed by atoms with Gasteiger partial charge in [-0.1, -0.05) is 18.2 Å². The fourth-order valence-electron chi connectivity index (χ4n) is 2.09.